The fraction of sp³-hybridized carbons (Fsp3) is 0.417. The van der Waals surface area contributed by atoms with Crippen LogP contribution in [0.3, 0.4) is 0 Å². The van der Waals surface area contributed by atoms with Crippen LogP contribution in [0, 0.1) is 0 Å². The average molecular weight is 318 g/mol. The van der Waals surface area contributed by atoms with Crippen LogP contribution in [0.15, 0.2) is 23.4 Å². The number of nitrogens with zero attached hydrogens (tertiary/aromatic N) is 2. The van der Waals surface area contributed by atoms with Crippen LogP contribution < -0.4 is 10.6 Å². The summed E-state index contributed by atoms with van der Waals surface area (Å²) in [5.41, 5.74) is 6.73. The van der Waals surface area contributed by atoms with E-state index in [2.05, 4.69) is 5.16 Å². The van der Waals surface area contributed by atoms with E-state index in [4.69, 9.17) is 22.5 Å². The van der Waals surface area contributed by atoms with Gasteiger partial charge in [-0.15, -0.1) is 0 Å². The standard InChI is InChI=1S/C12H16ClN3O3S/c1-16(9-4-5-20(18,19)7-9)11-3-2-8(6-10(11)13)12(14)15-17/h2-3,6,9,17H,4-5,7H2,1H3,(H2,14,15). The molecule has 0 aromatic heterocycles. The summed E-state index contributed by atoms with van der Waals surface area (Å²) in [6, 6.07) is 4.93. The van der Waals surface area contributed by atoms with Crippen molar-refractivity contribution < 1.29 is 13.6 Å². The molecule has 2 rings (SSSR count). The van der Waals surface area contributed by atoms with Gasteiger partial charge in [0.25, 0.3) is 0 Å². The number of amidine groups is 1. The Hall–Kier alpha value is -1.47. The van der Waals surface area contributed by atoms with Crippen LogP contribution in [0.25, 0.3) is 0 Å². The molecule has 110 valence electrons. The largest absolute Gasteiger partial charge is 0.409 e. The maximum absolute atomic E-state index is 11.5. The highest BCUT2D eigenvalue weighted by Gasteiger charge is 2.31. The minimum Gasteiger partial charge on any atom is -0.409 e. The van der Waals surface area contributed by atoms with Crippen LogP contribution >= 0.6 is 11.6 Å². The summed E-state index contributed by atoms with van der Waals surface area (Å²) in [4.78, 5) is 1.86. The number of benzene rings is 1. The Morgan fingerprint density at radius 2 is 2.25 bits per heavy atom. The molecule has 1 aromatic rings. The number of hydrogen-bond acceptors (Lipinski definition) is 5. The third-order valence-electron chi connectivity index (χ3n) is 3.49. The van der Waals surface area contributed by atoms with E-state index in [9.17, 15) is 8.42 Å². The molecule has 1 unspecified atom stereocenters. The Morgan fingerprint density at radius 3 is 2.75 bits per heavy atom. The van der Waals surface area contributed by atoms with Crippen molar-refractivity contribution in [3.05, 3.63) is 28.8 Å². The zero-order valence-corrected chi connectivity index (χ0v) is 12.5. The SMILES string of the molecule is CN(c1ccc(C(N)=NO)cc1Cl)C1CCS(=O)(=O)C1. The fourth-order valence-corrected chi connectivity index (χ4v) is 4.38. The summed E-state index contributed by atoms with van der Waals surface area (Å²) >= 11 is 6.19. The second-order valence-electron chi connectivity index (χ2n) is 4.82. The molecule has 20 heavy (non-hydrogen) atoms. The van der Waals surface area contributed by atoms with Gasteiger partial charge in [-0.05, 0) is 24.6 Å². The normalized spacial score (nSPS) is 21.9. The van der Waals surface area contributed by atoms with E-state index >= 15 is 0 Å². The first kappa shape index (κ1) is 14.9. The van der Waals surface area contributed by atoms with Gasteiger partial charge in [0.15, 0.2) is 15.7 Å². The predicted molar refractivity (Wildman–Crippen MR) is 79.4 cm³/mol. The van der Waals surface area contributed by atoms with Gasteiger partial charge >= 0.3 is 0 Å². The Bertz CT molecular complexity index is 645. The van der Waals surface area contributed by atoms with E-state index in [1.165, 1.54) is 0 Å². The molecule has 0 spiro atoms. The van der Waals surface area contributed by atoms with Crippen molar-refractivity contribution >= 4 is 33.0 Å². The Morgan fingerprint density at radius 1 is 1.55 bits per heavy atom. The van der Waals surface area contributed by atoms with Crippen LogP contribution in [0.2, 0.25) is 5.02 Å². The Kier molecular flexibility index (Phi) is 4.10. The van der Waals surface area contributed by atoms with Gasteiger partial charge in [-0.3, -0.25) is 0 Å². The van der Waals surface area contributed by atoms with Crippen LogP contribution in [-0.4, -0.2) is 44.1 Å². The Balaban J connectivity index is 2.25. The number of nitrogens with two attached hydrogens (primary N) is 1. The van der Waals surface area contributed by atoms with E-state index in [1.54, 1.807) is 18.2 Å². The molecule has 0 amide bonds. The molecule has 8 heteroatoms. The van der Waals surface area contributed by atoms with Crippen LogP contribution in [0.1, 0.15) is 12.0 Å². The lowest BCUT2D eigenvalue weighted by molar-refractivity contribution is 0.318. The summed E-state index contributed by atoms with van der Waals surface area (Å²) in [5, 5.41) is 12.0. The first-order chi connectivity index (χ1) is 9.34. The molecule has 1 aromatic carbocycles. The molecule has 1 saturated heterocycles. The van der Waals surface area contributed by atoms with E-state index in [0.29, 0.717) is 17.0 Å². The minimum absolute atomic E-state index is 0.0236. The smallest absolute Gasteiger partial charge is 0.170 e. The number of sulfone groups is 1. The van der Waals surface area contributed by atoms with Gasteiger partial charge in [0.1, 0.15) is 0 Å². The molecule has 1 heterocycles. The molecule has 3 N–H and O–H groups in total. The molecule has 1 fully saturated rings. The van der Waals surface area contributed by atoms with Gasteiger partial charge in [0.05, 0.1) is 22.2 Å². The van der Waals surface area contributed by atoms with Gasteiger partial charge < -0.3 is 15.8 Å². The van der Waals surface area contributed by atoms with Crippen LogP contribution in [0.4, 0.5) is 5.69 Å². The van der Waals surface area contributed by atoms with Gasteiger partial charge in [0.2, 0.25) is 0 Å². The van der Waals surface area contributed by atoms with Crippen molar-refractivity contribution in [1.82, 2.24) is 0 Å². The molecular weight excluding hydrogens is 302 g/mol. The number of rotatable bonds is 3. The highest BCUT2D eigenvalue weighted by atomic mass is 35.5. The van der Waals surface area contributed by atoms with E-state index in [-0.39, 0.29) is 23.4 Å². The van der Waals surface area contributed by atoms with Gasteiger partial charge in [0, 0.05) is 18.7 Å². The maximum atomic E-state index is 11.5. The number of oxime groups is 1. The molecule has 1 aliphatic heterocycles. The van der Waals surface area contributed by atoms with Crippen molar-refractivity contribution in [2.45, 2.75) is 12.5 Å². The number of hydrogen-bond donors (Lipinski definition) is 2. The van der Waals surface area contributed by atoms with Crippen molar-refractivity contribution in [3.8, 4) is 0 Å². The maximum Gasteiger partial charge on any atom is 0.170 e. The van der Waals surface area contributed by atoms with E-state index < -0.39 is 9.84 Å². The Labute approximate surface area is 122 Å². The molecule has 0 aliphatic carbocycles. The van der Waals surface area contributed by atoms with E-state index in [0.717, 1.165) is 5.69 Å². The molecule has 0 saturated carbocycles. The van der Waals surface area contributed by atoms with Crippen LogP contribution in [-0.2, 0) is 9.84 Å². The van der Waals surface area contributed by atoms with Crippen LogP contribution in [0.5, 0.6) is 0 Å². The van der Waals surface area contributed by atoms with Crippen molar-refractivity contribution in [2.24, 2.45) is 10.9 Å². The lowest BCUT2D eigenvalue weighted by atomic mass is 10.1. The van der Waals surface area contributed by atoms with Crippen molar-refractivity contribution in [3.63, 3.8) is 0 Å². The lowest BCUT2D eigenvalue weighted by Gasteiger charge is -2.26. The first-order valence-corrected chi connectivity index (χ1v) is 8.24. The third kappa shape index (κ3) is 2.99. The highest BCUT2D eigenvalue weighted by molar-refractivity contribution is 7.91. The zero-order chi connectivity index (χ0) is 14.9. The molecule has 1 atom stereocenters. The van der Waals surface area contributed by atoms with Gasteiger partial charge in [-0.1, -0.05) is 16.8 Å². The zero-order valence-electron chi connectivity index (χ0n) is 11.0. The summed E-state index contributed by atoms with van der Waals surface area (Å²) in [5.74, 6) is 0.327. The second-order valence-corrected chi connectivity index (χ2v) is 7.46. The molecule has 0 bridgehead atoms. The minimum atomic E-state index is -2.94. The van der Waals surface area contributed by atoms with Crippen molar-refractivity contribution in [1.29, 1.82) is 0 Å². The first-order valence-electron chi connectivity index (χ1n) is 6.05. The number of halogens is 1. The number of anilines is 1. The van der Waals surface area contributed by atoms with Gasteiger partial charge in [-0.25, -0.2) is 8.42 Å². The third-order valence-corrected chi connectivity index (χ3v) is 5.54. The average Bonchev–Trinajstić information content (AvgIpc) is 2.77. The molecule has 1 aliphatic rings. The molecular formula is C12H16ClN3O3S. The molecule has 6 nitrogen and oxygen atoms in total. The van der Waals surface area contributed by atoms with Gasteiger partial charge in [-0.2, -0.15) is 0 Å². The fourth-order valence-electron chi connectivity index (χ4n) is 2.29. The monoisotopic (exact) mass is 317 g/mol. The second kappa shape index (κ2) is 5.49. The topological polar surface area (TPSA) is 96.0 Å². The summed E-state index contributed by atoms with van der Waals surface area (Å²) in [6.45, 7) is 0. The van der Waals surface area contributed by atoms with Crippen molar-refractivity contribution in [2.75, 3.05) is 23.5 Å². The lowest BCUT2D eigenvalue weighted by Crippen LogP contribution is -2.32. The summed E-state index contributed by atoms with van der Waals surface area (Å²) in [7, 11) is -1.13. The summed E-state index contributed by atoms with van der Waals surface area (Å²) < 4.78 is 23.0. The summed E-state index contributed by atoms with van der Waals surface area (Å²) in [6.07, 6.45) is 0.594. The molecule has 0 radical (unpaired) electrons. The highest BCUT2D eigenvalue weighted by Crippen LogP contribution is 2.30. The quantitative estimate of drug-likeness (QED) is 0.376. The predicted octanol–water partition coefficient (Wildman–Crippen LogP) is 1.06. The van der Waals surface area contributed by atoms with E-state index in [1.807, 2.05) is 11.9 Å².